The maximum Gasteiger partial charge on any atom is 0.249 e. The number of primary amides is 1. The quantitative estimate of drug-likeness (QED) is 0.603. The first-order chi connectivity index (χ1) is 12.1. The fraction of sp³-hybridized carbons (Fsp3) is 0.100. The molecule has 4 rings (SSSR count). The summed E-state index contributed by atoms with van der Waals surface area (Å²) in [7, 11) is 1.61. The number of pyridine rings is 1. The summed E-state index contributed by atoms with van der Waals surface area (Å²) < 4.78 is 5.18. The Balaban J connectivity index is 1.91. The van der Waals surface area contributed by atoms with Gasteiger partial charge in [-0.1, -0.05) is 0 Å². The van der Waals surface area contributed by atoms with Crippen LogP contribution in [0.3, 0.4) is 0 Å². The van der Waals surface area contributed by atoms with Crippen LogP contribution < -0.4 is 10.5 Å². The molecule has 3 N–H and O–H groups in total. The summed E-state index contributed by atoms with van der Waals surface area (Å²) >= 11 is 0. The van der Waals surface area contributed by atoms with E-state index in [2.05, 4.69) is 0 Å². The molecule has 5 nitrogen and oxygen atoms in total. The van der Waals surface area contributed by atoms with Gasteiger partial charge in [0.1, 0.15) is 11.5 Å². The molecule has 25 heavy (non-hydrogen) atoms. The van der Waals surface area contributed by atoms with Crippen LogP contribution in [0.2, 0.25) is 0 Å². The monoisotopic (exact) mass is 332 g/mol. The van der Waals surface area contributed by atoms with Crippen molar-refractivity contribution in [3.05, 3.63) is 65.2 Å². The zero-order valence-corrected chi connectivity index (χ0v) is 13.6. The highest BCUT2D eigenvalue weighted by atomic mass is 16.5. The van der Waals surface area contributed by atoms with Crippen LogP contribution in [0.4, 0.5) is 0 Å². The lowest BCUT2D eigenvalue weighted by Gasteiger charge is -2.10. The van der Waals surface area contributed by atoms with Crippen LogP contribution >= 0.6 is 0 Å². The van der Waals surface area contributed by atoms with Crippen molar-refractivity contribution >= 4 is 5.91 Å². The van der Waals surface area contributed by atoms with Crippen molar-refractivity contribution in [1.82, 2.24) is 4.98 Å². The summed E-state index contributed by atoms with van der Waals surface area (Å²) in [5.41, 5.74) is 11.0. The summed E-state index contributed by atoms with van der Waals surface area (Å²) in [6, 6.07) is 14.4. The molecule has 0 atom stereocenters. The van der Waals surface area contributed by atoms with Crippen LogP contribution in [0.5, 0.6) is 11.5 Å². The molecule has 1 aliphatic carbocycles. The molecule has 0 unspecified atom stereocenters. The molecular weight excluding hydrogens is 316 g/mol. The van der Waals surface area contributed by atoms with Gasteiger partial charge in [0.15, 0.2) is 0 Å². The van der Waals surface area contributed by atoms with Crippen molar-refractivity contribution in [3.63, 3.8) is 0 Å². The standard InChI is InChI=1S/C20H16N2O3/c1-25-14-5-2-11(3-6-14)18-10-17(20(21)24)16-9-12-8-13(23)4-7-15(12)19(16)22-18/h2-8,10,23H,9H2,1H3,(H2,21,24). The predicted molar refractivity (Wildman–Crippen MR) is 94.6 cm³/mol. The minimum absolute atomic E-state index is 0.197. The minimum atomic E-state index is -0.481. The molecule has 5 heteroatoms. The van der Waals surface area contributed by atoms with Crippen molar-refractivity contribution in [2.24, 2.45) is 5.73 Å². The third-order valence-corrected chi connectivity index (χ3v) is 4.49. The average molecular weight is 332 g/mol. The first kappa shape index (κ1) is 15.2. The van der Waals surface area contributed by atoms with Crippen molar-refractivity contribution in [2.45, 2.75) is 6.42 Å². The Kier molecular flexibility index (Phi) is 3.42. The summed E-state index contributed by atoms with van der Waals surface area (Å²) in [5, 5.41) is 9.71. The fourth-order valence-corrected chi connectivity index (χ4v) is 3.25. The molecule has 0 radical (unpaired) electrons. The van der Waals surface area contributed by atoms with E-state index in [1.165, 1.54) is 0 Å². The second-order valence-corrected chi connectivity index (χ2v) is 5.99. The Morgan fingerprint density at radius 1 is 1.16 bits per heavy atom. The van der Waals surface area contributed by atoms with E-state index in [1.807, 2.05) is 30.3 Å². The van der Waals surface area contributed by atoms with E-state index in [9.17, 15) is 9.90 Å². The van der Waals surface area contributed by atoms with Crippen LogP contribution in [-0.2, 0) is 6.42 Å². The predicted octanol–water partition coefficient (Wildman–Crippen LogP) is 3.13. The highest BCUT2D eigenvalue weighted by Crippen LogP contribution is 2.40. The number of fused-ring (bicyclic) bond motifs is 3. The van der Waals surface area contributed by atoms with Gasteiger partial charge in [-0.3, -0.25) is 4.79 Å². The molecule has 0 spiro atoms. The Morgan fingerprint density at radius 2 is 1.92 bits per heavy atom. The Labute approximate surface area is 144 Å². The molecule has 0 bridgehead atoms. The van der Waals surface area contributed by atoms with Gasteiger partial charge in [-0.05, 0) is 59.7 Å². The third-order valence-electron chi connectivity index (χ3n) is 4.49. The number of carbonyl (C=O) groups excluding carboxylic acids is 1. The molecule has 2 aromatic carbocycles. The van der Waals surface area contributed by atoms with E-state index in [-0.39, 0.29) is 5.75 Å². The van der Waals surface area contributed by atoms with Crippen molar-refractivity contribution in [3.8, 4) is 34.0 Å². The highest BCUT2D eigenvalue weighted by Gasteiger charge is 2.26. The molecule has 124 valence electrons. The number of methoxy groups -OCH3 is 1. The Bertz CT molecular complexity index is 995. The summed E-state index contributed by atoms with van der Waals surface area (Å²) in [6.45, 7) is 0. The number of carbonyl (C=O) groups is 1. The number of phenols is 1. The minimum Gasteiger partial charge on any atom is -0.508 e. The number of aromatic hydroxyl groups is 1. The van der Waals surface area contributed by atoms with E-state index in [0.717, 1.165) is 33.7 Å². The fourth-order valence-electron chi connectivity index (χ4n) is 3.25. The zero-order valence-electron chi connectivity index (χ0n) is 13.6. The van der Waals surface area contributed by atoms with Crippen molar-refractivity contribution < 1.29 is 14.6 Å². The van der Waals surface area contributed by atoms with Gasteiger partial charge in [-0.15, -0.1) is 0 Å². The van der Waals surface area contributed by atoms with Gasteiger partial charge in [-0.25, -0.2) is 4.98 Å². The highest BCUT2D eigenvalue weighted by molar-refractivity contribution is 5.98. The number of nitrogens with zero attached hydrogens (tertiary/aromatic N) is 1. The summed E-state index contributed by atoms with van der Waals surface area (Å²) in [6.07, 6.45) is 0.535. The summed E-state index contributed by atoms with van der Waals surface area (Å²) in [4.78, 5) is 16.8. The Hall–Kier alpha value is -3.34. The van der Waals surface area contributed by atoms with Gasteiger partial charge in [-0.2, -0.15) is 0 Å². The van der Waals surface area contributed by atoms with Gasteiger partial charge in [0.05, 0.1) is 18.5 Å². The number of phenolic OH excluding ortho intramolecular Hbond substituents is 1. The third kappa shape index (κ3) is 2.50. The molecule has 0 fully saturated rings. The SMILES string of the molecule is COc1ccc(-c2cc(C(N)=O)c3c(n2)-c2ccc(O)cc2C3)cc1. The summed E-state index contributed by atoms with van der Waals surface area (Å²) in [5.74, 6) is 0.467. The second-order valence-electron chi connectivity index (χ2n) is 5.99. The Morgan fingerprint density at radius 3 is 2.60 bits per heavy atom. The number of benzene rings is 2. The average Bonchev–Trinajstić information content (AvgIpc) is 2.98. The lowest BCUT2D eigenvalue weighted by Crippen LogP contribution is -2.14. The number of hydrogen-bond acceptors (Lipinski definition) is 4. The van der Waals surface area contributed by atoms with Crippen LogP contribution in [0.1, 0.15) is 21.5 Å². The zero-order chi connectivity index (χ0) is 17.6. The molecule has 0 aliphatic heterocycles. The number of nitrogens with two attached hydrogens (primary N) is 1. The lowest BCUT2D eigenvalue weighted by atomic mass is 10.0. The maximum atomic E-state index is 12.0. The molecule has 1 amide bonds. The number of aromatic nitrogens is 1. The van der Waals surface area contributed by atoms with E-state index < -0.39 is 5.91 Å². The molecule has 1 aliphatic rings. The lowest BCUT2D eigenvalue weighted by molar-refractivity contribution is 0.0999. The second kappa shape index (κ2) is 5.63. The molecule has 3 aromatic rings. The van der Waals surface area contributed by atoms with E-state index in [1.54, 1.807) is 25.3 Å². The number of rotatable bonds is 3. The van der Waals surface area contributed by atoms with Crippen LogP contribution in [0.15, 0.2) is 48.5 Å². The van der Waals surface area contributed by atoms with Crippen molar-refractivity contribution in [1.29, 1.82) is 0 Å². The van der Waals surface area contributed by atoms with Gasteiger partial charge >= 0.3 is 0 Å². The topological polar surface area (TPSA) is 85.4 Å². The van der Waals surface area contributed by atoms with Gasteiger partial charge in [0.25, 0.3) is 0 Å². The van der Waals surface area contributed by atoms with Gasteiger partial charge in [0, 0.05) is 23.1 Å². The maximum absolute atomic E-state index is 12.0. The van der Waals surface area contributed by atoms with E-state index in [0.29, 0.717) is 17.7 Å². The molecular formula is C20H16N2O3. The van der Waals surface area contributed by atoms with E-state index in [4.69, 9.17) is 15.5 Å². The smallest absolute Gasteiger partial charge is 0.249 e. The largest absolute Gasteiger partial charge is 0.508 e. The molecule has 1 aromatic heterocycles. The number of hydrogen-bond donors (Lipinski definition) is 2. The first-order valence-electron chi connectivity index (χ1n) is 7.87. The first-order valence-corrected chi connectivity index (χ1v) is 7.87. The van der Waals surface area contributed by atoms with Gasteiger partial charge < -0.3 is 15.6 Å². The normalized spacial score (nSPS) is 11.7. The molecule has 0 saturated heterocycles. The molecule has 1 heterocycles. The van der Waals surface area contributed by atoms with Crippen LogP contribution in [0.25, 0.3) is 22.5 Å². The van der Waals surface area contributed by atoms with Crippen LogP contribution in [-0.4, -0.2) is 23.1 Å². The van der Waals surface area contributed by atoms with Gasteiger partial charge in [0.2, 0.25) is 5.91 Å². The van der Waals surface area contributed by atoms with Crippen molar-refractivity contribution in [2.75, 3.05) is 7.11 Å². The number of ether oxygens (including phenoxy) is 1. The number of amides is 1. The molecule has 0 saturated carbocycles. The van der Waals surface area contributed by atoms with Crippen LogP contribution in [0, 0.1) is 0 Å². The van der Waals surface area contributed by atoms with E-state index >= 15 is 0 Å².